The van der Waals surface area contributed by atoms with Crippen LogP contribution < -0.4 is 0 Å². The number of fused-ring (bicyclic) bond motifs is 1. The molecule has 0 radical (unpaired) electrons. The van der Waals surface area contributed by atoms with E-state index < -0.39 is 14.8 Å². The first-order valence-corrected chi connectivity index (χ1v) is 7.88. The Balaban J connectivity index is 2.85. The Morgan fingerprint density at radius 1 is 1.35 bits per heavy atom. The number of aromatic nitrogens is 1. The number of non-ortho nitro benzene ring substituents is 1. The Kier molecular flexibility index (Phi) is 3.92. The first kappa shape index (κ1) is 14.7. The maximum absolute atomic E-state index is 12.2. The van der Waals surface area contributed by atoms with Gasteiger partial charge in [0, 0.05) is 29.2 Å². The van der Waals surface area contributed by atoms with Crippen molar-refractivity contribution in [2.75, 3.05) is 11.6 Å². The summed E-state index contributed by atoms with van der Waals surface area (Å²) in [4.78, 5) is 14.5. The van der Waals surface area contributed by atoms with E-state index >= 15 is 0 Å². The van der Waals surface area contributed by atoms with E-state index in [0.717, 1.165) is 0 Å². The highest BCUT2D eigenvalue weighted by Gasteiger charge is 2.22. The third-order valence-electron chi connectivity index (χ3n) is 2.85. The second-order valence-corrected chi connectivity index (χ2v) is 6.67. The summed E-state index contributed by atoms with van der Waals surface area (Å²) in [7, 11) is -3.58. The van der Waals surface area contributed by atoms with Crippen LogP contribution in [0.2, 0.25) is 0 Å². The molecule has 6 nitrogen and oxygen atoms in total. The molecule has 1 heterocycles. The van der Waals surface area contributed by atoms with Gasteiger partial charge in [-0.1, -0.05) is 0 Å². The van der Waals surface area contributed by atoms with E-state index in [9.17, 15) is 18.5 Å². The summed E-state index contributed by atoms with van der Waals surface area (Å²) in [5, 5.41) is 11.5. The molecule has 0 atom stereocenters. The van der Waals surface area contributed by atoms with Gasteiger partial charge in [0.2, 0.25) is 0 Å². The number of nitrogens with zero attached hydrogens (tertiary/aromatic N) is 2. The summed E-state index contributed by atoms with van der Waals surface area (Å²) in [5.41, 5.74) is 0.414. The van der Waals surface area contributed by atoms with Gasteiger partial charge in [-0.25, -0.2) is 8.42 Å². The molecule has 0 N–H and O–H groups in total. The molecule has 20 heavy (non-hydrogen) atoms. The number of benzene rings is 1. The highest BCUT2D eigenvalue weighted by atomic mass is 35.5. The number of sulfone groups is 1. The molecule has 106 valence electrons. The zero-order chi connectivity index (χ0) is 14.9. The predicted octanol–water partition coefficient (Wildman–Crippen LogP) is 2.46. The van der Waals surface area contributed by atoms with Gasteiger partial charge in [-0.3, -0.25) is 15.1 Å². The predicted molar refractivity (Wildman–Crippen MR) is 75.9 cm³/mol. The lowest BCUT2D eigenvalue weighted by atomic mass is 10.1. The summed E-state index contributed by atoms with van der Waals surface area (Å²) < 4.78 is 24.3. The van der Waals surface area contributed by atoms with Gasteiger partial charge in [0.05, 0.1) is 21.0 Å². The van der Waals surface area contributed by atoms with Crippen LogP contribution >= 0.6 is 11.6 Å². The van der Waals surface area contributed by atoms with Crippen molar-refractivity contribution in [1.82, 2.24) is 4.98 Å². The fraction of sp³-hybridized carbons (Fsp3) is 0.250. The van der Waals surface area contributed by atoms with Crippen LogP contribution in [0.3, 0.4) is 0 Å². The molecule has 0 aliphatic rings. The van der Waals surface area contributed by atoms with E-state index in [1.807, 2.05) is 0 Å². The largest absolute Gasteiger partial charge is 0.278 e. The number of hydrogen-bond acceptors (Lipinski definition) is 5. The molecule has 1 aromatic carbocycles. The standard InChI is InChI=1S/C12H11ClN2O4S/c1-8-6-9-10(7-14-8)11(15(16)17)2-3-12(9)20(18,19)5-4-13/h2-3,6-7H,4-5H2,1H3. The fourth-order valence-corrected chi connectivity index (χ4v) is 3.76. The molecule has 0 aliphatic heterocycles. The number of alkyl halides is 1. The fourth-order valence-electron chi connectivity index (χ4n) is 1.94. The molecule has 8 heteroatoms. The Hall–Kier alpha value is -1.73. The number of pyridine rings is 1. The Labute approximate surface area is 120 Å². The molecule has 0 aliphatic carbocycles. The third kappa shape index (κ3) is 2.59. The lowest BCUT2D eigenvalue weighted by molar-refractivity contribution is -0.383. The Morgan fingerprint density at radius 3 is 2.65 bits per heavy atom. The average molecular weight is 315 g/mol. The minimum absolute atomic E-state index is 0.0368. The molecule has 1 aromatic heterocycles. The topological polar surface area (TPSA) is 90.2 Å². The van der Waals surface area contributed by atoms with Crippen LogP contribution in [0.15, 0.2) is 29.3 Å². The van der Waals surface area contributed by atoms with Crippen LogP contribution in [0.1, 0.15) is 5.69 Å². The quantitative estimate of drug-likeness (QED) is 0.491. The van der Waals surface area contributed by atoms with Gasteiger partial charge in [0.25, 0.3) is 5.69 Å². The van der Waals surface area contributed by atoms with E-state index in [0.29, 0.717) is 11.1 Å². The number of halogens is 1. The molecule has 0 bridgehead atoms. The van der Waals surface area contributed by atoms with Crippen molar-refractivity contribution in [2.45, 2.75) is 11.8 Å². The molecular weight excluding hydrogens is 304 g/mol. The van der Waals surface area contributed by atoms with E-state index in [1.54, 1.807) is 6.92 Å². The van der Waals surface area contributed by atoms with E-state index in [2.05, 4.69) is 4.98 Å². The average Bonchev–Trinajstić information content (AvgIpc) is 2.36. The SMILES string of the molecule is Cc1cc2c(S(=O)(=O)CCCl)ccc([N+](=O)[O-])c2cn1. The number of aryl methyl sites for hydroxylation is 1. The second kappa shape index (κ2) is 5.34. The van der Waals surface area contributed by atoms with Crippen LogP contribution in [-0.2, 0) is 9.84 Å². The van der Waals surface area contributed by atoms with Crippen molar-refractivity contribution in [3.63, 3.8) is 0 Å². The van der Waals surface area contributed by atoms with Gasteiger partial charge < -0.3 is 0 Å². The molecule has 2 rings (SSSR count). The normalized spacial score (nSPS) is 11.7. The number of nitro benzene ring substituents is 1. The maximum atomic E-state index is 12.2. The highest BCUT2D eigenvalue weighted by molar-refractivity contribution is 7.91. The molecular formula is C12H11ClN2O4S. The van der Waals surface area contributed by atoms with Gasteiger partial charge in [-0.15, -0.1) is 11.6 Å². The van der Waals surface area contributed by atoms with Crippen LogP contribution in [0, 0.1) is 17.0 Å². The molecule has 0 fully saturated rings. The molecule has 0 spiro atoms. The Morgan fingerprint density at radius 2 is 2.05 bits per heavy atom. The molecule has 0 amide bonds. The van der Waals surface area contributed by atoms with Crippen molar-refractivity contribution in [2.24, 2.45) is 0 Å². The number of rotatable bonds is 4. The lowest BCUT2D eigenvalue weighted by Gasteiger charge is -2.08. The van der Waals surface area contributed by atoms with Gasteiger partial charge in [-0.2, -0.15) is 0 Å². The first-order valence-electron chi connectivity index (χ1n) is 5.69. The van der Waals surface area contributed by atoms with Crippen LogP contribution in [0.4, 0.5) is 5.69 Å². The van der Waals surface area contributed by atoms with Gasteiger partial charge in [0.1, 0.15) is 0 Å². The molecule has 0 unspecified atom stereocenters. The molecule has 0 saturated heterocycles. The van der Waals surface area contributed by atoms with Crippen LogP contribution in [-0.4, -0.2) is 30.0 Å². The summed E-state index contributed by atoms with van der Waals surface area (Å²) in [6.45, 7) is 1.69. The summed E-state index contributed by atoms with van der Waals surface area (Å²) in [5.74, 6) is -0.256. The van der Waals surface area contributed by atoms with Crippen LogP contribution in [0.5, 0.6) is 0 Å². The van der Waals surface area contributed by atoms with E-state index in [-0.39, 0.29) is 27.6 Å². The van der Waals surface area contributed by atoms with Gasteiger partial charge >= 0.3 is 0 Å². The Bertz CT molecular complexity index is 789. The number of hydrogen-bond donors (Lipinski definition) is 0. The summed E-state index contributed by atoms with van der Waals surface area (Å²) in [6.07, 6.45) is 1.32. The lowest BCUT2D eigenvalue weighted by Crippen LogP contribution is -2.09. The summed E-state index contributed by atoms with van der Waals surface area (Å²) >= 11 is 5.50. The zero-order valence-corrected chi connectivity index (χ0v) is 12.1. The number of nitro groups is 1. The van der Waals surface area contributed by atoms with Gasteiger partial charge in [-0.05, 0) is 19.1 Å². The zero-order valence-electron chi connectivity index (χ0n) is 10.5. The van der Waals surface area contributed by atoms with Crippen molar-refractivity contribution in [3.05, 3.63) is 40.2 Å². The van der Waals surface area contributed by atoms with Crippen molar-refractivity contribution in [1.29, 1.82) is 0 Å². The molecule has 2 aromatic rings. The summed E-state index contributed by atoms with van der Waals surface area (Å²) in [6, 6.07) is 3.96. The van der Waals surface area contributed by atoms with Crippen molar-refractivity contribution < 1.29 is 13.3 Å². The smallest absolute Gasteiger partial charge is 0.261 e. The first-order chi connectivity index (χ1) is 9.36. The third-order valence-corrected chi connectivity index (χ3v) is 5.03. The van der Waals surface area contributed by atoms with E-state index in [1.165, 1.54) is 24.4 Å². The van der Waals surface area contributed by atoms with Crippen molar-refractivity contribution >= 4 is 37.9 Å². The van der Waals surface area contributed by atoms with Gasteiger partial charge in [0.15, 0.2) is 9.84 Å². The van der Waals surface area contributed by atoms with Crippen LogP contribution in [0.25, 0.3) is 10.8 Å². The van der Waals surface area contributed by atoms with Crippen molar-refractivity contribution in [3.8, 4) is 0 Å². The minimum atomic E-state index is -3.58. The molecule has 0 saturated carbocycles. The second-order valence-electron chi connectivity index (χ2n) is 4.22. The van der Waals surface area contributed by atoms with E-state index in [4.69, 9.17) is 11.6 Å². The monoisotopic (exact) mass is 314 g/mol. The highest BCUT2D eigenvalue weighted by Crippen LogP contribution is 2.31. The maximum Gasteiger partial charge on any atom is 0.278 e. The minimum Gasteiger partial charge on any atom is -0.261 e.